The average molecular weight is 253 g/mol. The smallest absolute Gasteiger partial charge is 0.345 e. The van der Waals surface area contributed by atoms with Gasteiger partial charge in [-0.15, -0.1) is 11.3 Å². The van der Waals surface area contributed by atoms with E-state index in [4.69, 9.17) is 5.11 Å². The van der Waals surface area contributed by atoms with Gasteiger partial charge in [0.25, 0.3) is 5.91 Å². The van der Waals surface area contributed by atoms with Crippen LogP contribution in [0.25, 0.3) is 0 Å². The Bertz CT molecular complexity index is 441. The first kappa shape index (κ1) is 12.1. The Morgan fingerprint density at radius 1 is 1.47 bits per heavy atom. The van der Waals surface area contributed by atoms with E-state index >= 15 is 0 Å². The third kappa shape index (κ3) is 2.85. The first-order valence-electron chi connectivity index (χ1n) is 5.75. The lowest BCUT2D eigenvalue weighted by atomic mass is 10.2. The third-order valence-electron chi connectivity index (χ3n) is 2.94. The van der Waals surface area contributed by atoms with Gasteiger partial charge in [0.05, 0.1) is 4.88 Å². The van der Waals surface area contributed by atoms with Crippen LogP contribution < -0.4 is 5.32 Å². The van der Waals surface area contributed by atoms with E-state index in [1.165, 1.54) is 6.07 Å². The second-order valence-electron chi connectivity index (χ2n) is 4.33. The molecule has 92 valence electrons. The molecule has 5 heteroatoms. The maximum absolute atomic E-state index is 11.8. The Labute approximate surface area is 104 Å². The van der Waals surface area contributed by atoms with Crippen LogP contribution in [0, 0.1) is 5.92 Å². The molecule has 0 radical (unpaired) electrons. The molecule has 1 aliphatic carbocycles. The van der Waals surface area contributed by atoms with Crippen LogP contribution >= 0.6 is 11.3 Å². The van der Waals surface area contributed by atoms with Crippen molar-refractivity contribution in [1.82, 2.24) is 5.32 Å². The highest BCUT2D eigenvalue weighted by atomic mass is 32.1. The molecular formula is C12H15NO3S. The van der Waals surface area contributed by atoms with Gasteiger partial charge in [-0.2, -0.15) is 0 Å². The summed E-state index contributed by atoms with van der Waals surface area (Å²) in [5.74, 6) is -0.515. The van der Waals surface area contributed by atoms with E-state index in [0.717, 1.165) is 30.6 Å². The standard InChI is InChI=1S/C12H15NO3S/c1-2-3-7-6-8(7)13-11(14)9-4-5-10(17-9)12(15)16/h4-5,7-8H,2-3,6H2,1H3,(H,13,14)(H,15,16). The molecule has 1 fully saturated rings. The number of nitrogens with one attached hydrogen (secondary N) is 1. The molecule has 1 saturated carbocycles. The second-order valence-corrected chi connectivity index (χ2v) is 5.42. The van der Waals surface area contributed by atoms with E-state index < -0.39 is 5.97 Å². The summed E-state index contributed by atoms with van der Waals surface area (Å²) in [6.07, 6.45) is 3.34. The van der Waals surface area contributed by atoms with Crippen molar-refractivity contribution in [2.24, 2.45) is 5.92 Å². The number of carbonyl (C=O) groups is 2. The van der Waals surface area contributed by atoms with Gasteiger partial charge in [-0.05, 0) is 30.9 Å². The minimum absolute atomic E-state index is 0.147. The van der Waals surface area contributed by atoms with Gasteiger partial charge >= 0.3 is 5.97 Å². The molecule has 2 rings (SSSR count). The number of amides is 1. The lowest BCUT2D eigenvalue weighted by Crippen LogP contribution is -2.25. The highest BCUT2D eigenvalue weighted by molar-refractivity contribution is 7.15. The first-order valence-corrected chi connectivity index (χ1v) is 6.57. The molecule has 1 aromatic heterocycles. The molecule has 4 nitrogen and oxygen atoms in total. The summed E-state index contributed by atoms with van der Waals surface area (Å²) < 4.78 is 0. The average Bonchev–Trinajstić information content (AvgIpc) is 2.83. The summed E-state index contributed by atoms with van der Waals surface area (Å²) in [4.78, 5) is 23.2. The molecule has 1 aliphatic rings. The first-order chi connectivity index (χ1) is 8.11. The molecular weight excluding hydrogens is 238 g/mol. The van der Waals surface area contributed by atoms with Crippen molar-refractivity contribution in [2.45, 2.75) is 32.2 Å². The zero-order chi connectivity index (χ0) is 12.4. The molecule has 0 bridgehead atoms. The predicted molar refractivity (Wildman–Crippen MR) is 65.5 cm³/mol. The van der Waals surface area contributed by atoms with E-state index in [1.807, 2.05) is 0 Å². The van der Waals surface area contributed by atoms with Crippen LogP contribution in [0.15, 0.2) is 12.1 Å². The van der Waals surface area contributed by atoms with Gasteiger partial charge in [0.15, 0.2) is 0 Å². The number of carboxylic acids is 1. The molecule has 1 aromatic rings. The van der Waals surface area contributed by atoms with Gasteiger partial charge < -0.3 is 10.4 Å². The summed E-state index contributed by atoms with van der Waals surface area (Å²) in [6, 6.07) is 3.33. The lowest BCUT2D eigenvalue weighted by molar-refractivity contribution is 0.0702. The zero-order valence-electron chi connectivity index (χ0n) is 9.60. The van der Waals surface area contributed by atoms with Gasteiger partial charge in [0, 0.05) is 6.04 Å². The van der Waals surface area contributed by atoms with E-state index in [1.54, 1.807) is 6.07 Å². The monoisotopic (exact) mass is 253 g/mol. The summed E-state index contributed by atoms with van der Waals surface area (Å²) in [5, 5.41) is 11.7. The maximum Gasteiger partial charge on any atom is 0.345 e. The minimum atomic E-state index is -0.982. The van der Waals surface area contributed by atoms with Gasteiger partial charge in [-0.1, -0.05) is 13.3 Å². The van der Waals surface area contributed by atoms with Crippen molar-refractivity contribution >= 4 is 23.2 Å². The number of rotatable bonds is 5. The Balaban J connectivity index is 1.90. The van der Waals surface area contributed by atoms with E-state index in [9.17, 15) is 9.59 Å². The fourth-order valence-corrected chi connectivity index (χ4v) is 2.68. The number of hydrogen-bond acceptors (Lipinski definition) is 3. The van der Waals surface area contributed by atoms with E-state index in [2.05, 4.69) is 12.2 Å². The molecule has 1 amide bonds. The molecule has 2 atom stereocenters. The quantitative estimate of drug-likeness (QED) is 0.846. The highest BCUT2D eigenvalue weighted by Crippen LogP contribution is 2.34. The fourth-order valence-electron chi connectivity index (χ4n) is 1.93. The lowest BCUT2D eigenvalue weighted by Gasteiger charge is -2.01. The van der Waals surface area contributed by atoms with Crippen LogP contribution in [0.2, 0.25) is 0 Å². The summed E-state index contributed by atoms with van der Waals surface area (Å²) >= 11 is 1.02. The van der Waals surface area contributed by atoms with Crippen LogP contribution in [0.1, 0.15) is 45.5 Å². The number of carboxylic acid groups (broad SMARTS) is 1. The Kier molecular flexibility index (Phi) is 3.47. The molecule has 1 heterocycles. The Morgan fingerprint density at radius 2 is 2.18 bits per heavy atom. The number of aromatic carboxylic acids is 1. The van der Waals surface area contributed by atoms with Crippen molar-refractivity contribution < 1.29 is 14.7 Å². The van der Waals surface area contributed by atoms with Crippen molar-refractivity contribution in [3.05, 3.63) is 21.9 Å². The highest BCUT2D eigenvalue weighted by Gasteiger charge is 2.37. The number of carbonyl (C=O) groups excluding carboxylic acids is 1. The fraction of sp³-hybridized carbons (Fsp3) is 0.500. The number of thiophene rings is 1. The molecule has 2 unspecified atom stereocenters. The van der Waals surface area contributed by atoms with Gasteiger partial charge in [-0.3, -0.25) is 4.79 Å². The number of hydrogen-bond donors (Lipinski definition) is 2. The van der Waals surface area contributed by atoms with E-state index in [-0.39, 0.29) is 16.8 Å². The largest absolute Gasteiger partial charge is 0.477 e. The maximum atomic E-state index is 11.8. The molecule has 0 aliphatic heterocycles. The van der Waals surface area contributed by atoms with E-state index in [0.29, 0.717) is 10.8 Å². The van der Waals surface area contributed by atoms with Crippen LogP contribution in [0.3, 0.4) is 0 Å². The van der Waals surface area contributed by atoms with Crippen molar-refractivity contribution in [3.63, 3.8) is 0 Å². The predicted octanol–water partition coefficient (Wildman–Crippen LogP) is 2.36. The Morgan fingerprint density at radius 3 is 2.76 bits per heavy atom. The zero-order valence-corrected chi connectivity index (χ0v) is 10.4. The van der Waals surface area contributed by atoms with Crippen LogP contribution in [-0.4, -0.2) is 23.0 Å². The molecule has 0 saturated heterocycles. The molecule has 0 aromatic carbocycles. The summed E-state index contributed by atoms with van der Waals surface area (Å²) in [7, 11) is 0. The summed E-state index contributed by atoms with van der Waals surface area (Å²) in [6.45, 7) is 2.13. The normalized spacial score (nSPS) is 22.2. The van der Waals surface area contributed by atoms with Gasteiger partial charge in [0.2, 0.25) is 0 Å². The molecule has 2 N–H and O–H groups in total. The topological polar surface area (TPSA) is 66.4 Å². The van der Waals surface area contributed by atoms with Crippen molar-refractivity contribution in [2.75, 3.05) is 0 Å². The molecule has 0 spiro atoms. The van der Waals surface area contributed by atoms with Crippen LogP contribution in [0.4, 0.5) is 0 Å². The summed E-state index contributed by atoms with van der Waals surface area (Å²) in [5.41, 5.74) is 0. The second kappa shape index (κ2) is 4.87. The molecule has 17 heavy (non-hydrogen) atoms. The Hall–Kier alpha value is -1.36. The van der Waals surface area contributed by atoms with Crippen molar-refractivity contribution in [1.29, 1.82) is 0 Å². The third-order valence-corrected chi connectivity index (χ3v) is 4.01. The SMILES string of the molecule is CCCC1CC1NC(=O)c1ccc(C(=O)O)s1. The minimum Gasteiger partial charge on any atom is -0.477 e. The van der Waals surface area contributed by atoms with Crippen LogP contribution in [0.5, 0.6) is 0 Å². The van der Waals surface area contributed by atoms with Gasteiger partial charge in [0.1, 0.15) is 4.88 Å². The van der Waals surface area contributed by atoms with Crippen LogP contribution in [-0.2, 0) is 0 Å². The van der Waals surface area contributed by atoms with Gasteiger partial charge in [-0.25, -0.2) is 4.79 Å². The van der Waals surface area contributed by atoms with Crippen molar-refractivity contribution in [3.8, 4) is 0 Å².